The predicted octanol–water partition coefficient (Wildman–Crippen LogP) is 4.96. The third-order valence-electron chi connectivity index (χ3n) is 7.12. The van der Waals surface area contributed by atoms with Crippen LogP contribution >= 0.6 is 0 Å². The molecule has 8 nitrogen and oxygen atoms in total. The molecule has 0 spiro atoms. The van der Waals surface area contributed by atoms with E-state index in [-0.39, 0.29) is 23.0 Å². The molecule has 0 aliphatic rings. The van der Waals surface area contributed by atoms with Gasteiger partial charge >= 0.3 is 0 Å². The lowest BCUT2D eigenvalue weighted by Crippen LogP contribution is -2.35. The van der Waals surface area contributed by atoms with Crippen molar-refractivity contribution in [3.63, 3.8) is 0 Å². The largest absolute Gasteiger partial charge is 0.495 e. The fraction of sp³-hybridized carbons (Fsp3) is 0.300. The van der Waals surface area contributed by atoms with E-state index in [4.69, 9.17) is 15.0 Å². The van der Waals surface area contributed by atoms with Crippen LogP contribution in [0.4, 0.5) is 4.39 Å². The van der Waals surface area contributed by atoms with Crippen LogP contribution in [-0.4, -0.2) is 42.6 Å². The Labute approximate surface area is 235 Å². The van der Waals surface area contributed by atoms with Crippen molar-refractivity contribution in [1.82, 2.24) is 14.1 Å². The van der Waals surface area contributed by atoms with Crippen LogP contribution in [0.25, 0.3) is 5.69 Å². The van der Waals surface area contributed by atoms with Gasteiger partial charge < -0.3 is 24.1 Å². The van der Waals surface area contributed by atoms with Gasteiger partial charge in [-0.2, -0.15) is 5.10 Å². The Morgan fingerprint density at radius 2 is 1.90 bits per heavy atom. The van der Waals surface area contributed by atoms with E-state index in [1.54, 1.807) is 54.5 Å². The smallest absolute Gasteiger partial charge is 0.260 e. The molecule has 4 rings (SSSR count). The summed E-state index contributed by atoms with van der Waals surface area (Å²) in [5.41, 5.74) is 3.41. The third kappa shape index (κ3) is 6.24. The van der Waals surface area contributed by atoms with Gasteiger partial charge in [-0.1, -0.05) is 39.0 Å². The molecule has 2 aromatic carbocycles. The number of methoxy groups -OCH3 is 1. The summed E-state index contributed by atoms with van der Waals surface area (Å²) in [5.74, 6) is 6.10. The number of aryl methyl sites for hydroxylation is 1. The summed E-state index contributed by atoms with van der Waals surface area (Å²) in [6.45, 7) is 10.8. The number of hydrazone groups is 1. The van der Waals surface area contributed by atoms with Gasteiger partial charge in [-0.25, -0.2) is 9.37 Å². The van der Waals surface area contributed by atoms with Gasteiger partial charge in [0, 0.05) is 18.0 Å². The van der Waals surface area contributed by atoms with E-state index in [1.165, 1.54) is 12.1 Å². The van der Waals surface area contributed by atoms with E-state index in [0.29, 0.717) is 22.6 Å². The molecule has 2 N–H and O–H groups in total. The number of halogens is 1. The molecule has 4 aromatic rings. The number of benzene rings is 2. The first kappa shape index (κ1) is 29.0. The molecule has 210 valence electrons. The summed E-state index contributed by atoms with van der Waals surface area (Å²) in [4.78, 5) is 18.3. The summed E-state index contributed by atoms with van der Waals surface area (Å²) >= 11 is 0. The van der Waals surface area contributed by atoms with Crippen molar-refractivity contribution in [2.75, 3.05) is 13.7 Å². The molecule has 10 heteroatoms. The molecule has 0 saturated heterocycles. The number of rotatable bonds is 9. The van der Waals surface area contributed by atoms with Crippen LogP contribution in [0.15, 0.2) is 83.2 Å². The molecule has 2 atom stereocenters. The minimum atomic E-state index is -1.60. The zero-order valence-electron chi connectivity index (χ0n) is 23.8. The zero-order valence-corrected chi connectivity index (χ0v) is 24.9. The highest BCUT2D eigenvalue weighted by Gasteiger charge is 2.26. The van der Waals surface area contributed by atoms with E-state index in [0.717, 1.165) is 16.9 Å². The number of aromatic nitrogens is 3. The fourth-order valence-corrected chi connectivity index (χ4v) is 5.30. The lowest BCUT2D eigenvalue weighted by Gasteiger charge is -2.29. The second-order valence-electron chi connectivity index (χ2n) is 10.8. The van der Waals surface area contributed by atoms with Crippen molar-refractivity contribution in [3.05, 3.63) is 112 Å². The molecule has 2 aromatic heterocycles. The number of hydrogen-bond donors (Lipinski definition) is 1. The van der Waals surface area contributed by atoms with Crippen molar-refractivity contribution >= 4 is 14.8 Å². The quantitative estimate of drug-likeness (QED) is 0.135. The average molecular weight is 562 g/mol. The van der Waals surface area contributed by atoms with Gasteiger partial charge in [-0.15, -0.1) is 0 Å². The van der Waals surface area contributed by atoms with Gasteiger partial charge in [-0.05, 0) is 60.5 Å². The molecule has 0 radical (unpaired) electrons. The van der Waals surface area contributed by atoms with E-state index >= 15 is 0 Å². The number of nitrogens with zero attached hydrogens (tertiary/aromatic N) is 4. The molecule has 0 aliphatic carbocycles. The van der Waals surface area contributed by atoms with Crippen LogP contribution in [0.5, 0.6) is 5.75 Å². The van der Waals surface area contributed by atoms with Crippen LogP contribution < -0.4 is 16.1 Å². The Hall–Kier alpha value is -4.02. The molecule has 0 fully saturated rings. The molecule has 40 heavy (non-hydrogen) atoms. The standard InChI is InChI=1S/C30H36FN5O3Si/c1-20-17-35(19-33-20)25-14-11-22(16-27(25)38-5)28(34-32)24-8-7-15-36(29(24)37)26(18-39-40(6)30(2,3)4)21-9-12-23(31)13-10-21/h7-17,19,26,40H,18,32H2,1-6H3. The average Bonchev–Trinajstić information content (AvgIpc) is 3.36. The molecule has 0 aliphatic heterocycles. The highest BCUT2D eigenvalue weighted by atomic mass is 28.3. The molecule has 0 bridgehead atoms. The Bertz CT molecular complexity index is 1560. The Morgan fingerprint density at radius 3 is 2.50 bits per heavy atom. The van der Waals surface area contributed by atoms with Crippen molar-refractivity contribution in [1.29, 1.82) is 0 Å². The van der Waals surface area contributed by atoms with Crippen LogP contribution in [-0.2, 0) is 4.43 Å². The second kappa shape index (κ2) is 12.0. The predicted molar refractivity (Wildman–Crippen MR) is 159 cm³/mol. The van der Waals surface area contributed by atoms with Crippen LogP contribution in [0.2, 0.25) is 11.6 Å². The van der Waals surface area contributed by atoms with Gasteiger partial charge in [0.15, 0.2) is 9.04 Å². The summed E-state index contributed by atoms with van der Waals surface area (Å²) in [6.07, 6.45) is 5.32. The molecule has 0 amide bonds. The maximum atomic E-state index is 14.0. The number of hydrogen-bond acceptors (Lipinski definition) is 6. The minimum absolute atomic E-state index is 0.0418. The highest BCUT2D eigenvalue weighted by molar-refractivity contribution is 6.53. The number of nitrogens with two attached hydrogens (primary N) is 1. The zero-order chi connectivity index (χ0) is 29.0. The van der Waals surface area contributed by atoms with Crippen molar-refractivity contribution < 1.29 is 13.6 Å². The highest BCUT2D eigenvalue weighted by Crippen LogP contribution is 2.29. The lowest BCUT2D eigenvalue weighted by molar-refractivity contribution is 0.259. The minimum Gasteiger partial charge on any atom is -0.495 e. The maximum Gasteiger partial charge on any atom is 0.260 e. The van der Waals surface area contributed by atoms with E-state index in [1.807, 2.05) is 29.8 Å². The van der Waals surface area contributed by atoms with Gasteiger partial charge in [0.05, 0.1) is 43.0 Å². The second-order valence-corrected chi connectivity index (χ2v) is 14.2. The third-order valence-corrected chi connectivity index (χ3v) is 10.2. The summed E-state index contributed by atoms with van der Waals surface area (Å²) in [7, 11) is -0.0192. The Morgan fingerprint density at radius 1 is 1.18 bits per heavy atom. The maximum absolute atomic E-state index is 14.0. The summed E-state index contributed by atoms with van der Waals surface area (Å²) in [5, 5.41) is 4.06. The van der Waals surface area contributed by atoms with E-state index in [2.05, 4.69) is 37.4 Å². The van der Waals surface area contributed by atoms with E-state index < -0.39 is 15.1 Å². The van der Waals surface area contributed by atoms with Gasteiger partial charge in [-0.3, -0.25) is 4.79 Å². The summed E-state index contributed by atoms with van der Waals surface area (Å²) in [6, 6.07) is 14.7. The van der Waals surface area contributed by atoms with Crippen LogP contribution in [0.3, 0.4) is 0 Å². The molecular weight excluding hydrogens is 525 g/mol. The summed E-state index contributed by atoms with van der Waals surface area (Å²) < 4.78 is 29.3. The fourth-order valence-electron chi connectivity index (χ4n) is 4.33. The van der Waals surface area contributed by atoms with Crippen LogP contribution in [0, 0.1) is 12.7 Å². The lowest BCUT2D eigenvalue weighted by atomic mass is 10.0. The Kier molecular flexibility index (Phi) is 8.70. The number of ether oxygens (including phenoxy) is 1. The monoisotopic (exact) mass is 561 g/mol. The Balaban J connectivity index is 1.76. The topological polar surface area (TPSA) is 96.7 Å². The molecular formula is C30H36FN5O3Si. The van der Waals surface area contributed by atoms with Crippen molar-refractivity contribution in [3.8, 4) is 11.4 Å². The van der Waals surface area contributed by atoms with Crippen molar-refractivity contribution in [2.45, 2.75) is 45.3 Å². The van der Waals surface area contributed by atoms with E-state index in [9.17, 15) is 9.18 Å². The first-order chi connectivity index (χ1) is 19.0. The molecule has 2 unspecified atom stereocenters. The van der Waals surface area contributed by atoms with Gasteiger partial charge in [0.1, 0.15) is 17.3 Å². The van der Waals surface area contributed by atoms with Crippen LogP contribution in [0.1, 0.15) is 49.2 Å². The van der Waals surface area contributed by atoms with Gasteiger partial charge in [0.2, 0.25) is 0 Å². The number of pyridine rings is 1. The number of imidazole rings is 1. The van der Waals surface area contributed by atoms with Gasteiger partial charge in [0.25, 0.3) is 5.56 Å². The molecule has 2 heterocycles. The first-order valence-corrected chi connectivity index (χ1v) is 15.3. The normalized spacial score (nSPS) is 13.7. The first-order valence-electron chi connectivity index (χ1n) is 13.1. The SMILES string of the molecule is COc1cc(C(=NN)c2cccn(C(CO[SiH](C)C(C)(C)C)c3ccc(F)cc3)c2=O)ccc1-n1cnc(C)c1. The molecule has 0 saturated carbocycles. The van der Waals surface area contributed by atoms with Crippen molar-refractivity contribution in [2.24, 2.45) is 10.9 Å².